The molecule has 6 heteroatoms. The first kappa shape index (κ1) is 25.8. The quantitative estimate of drug-likeness (QED) is 0.326. The fourth-order valence-corrected chi connectivity index (χ4v) is 4.09. The summed E-state index contributed by atoms with van der Waals surface area (Å²) in [7, 11) is 0. The highest BCUT2D eigenvalue weighted by atomic mass is 35.5. The Morgan fingerprint density at radius 3 is 2.12 bits per heavy atom. The number of nitrogens with one attached hydrogen (secondary N) is 1. The van der Waals surface area contributed by atoms with Crippen LogP contribution in [0.2, 0.25) is 10.0 Å². The smallest absolute Gasteiger partial charge is 0.243 e. The third kappa shape index (κ3) is 7.61. The van der Waals surface area contributed by atoms with Gasteiger partial charge in [0.25, 0.3) is 0 Å². The predicted molar refractivity (Wildman–Crippen MR) is 139 cm³/mol. The molecule has 0 saturated carbocycles. The van der Waals surface area contributed by atoms with Gasteiger partial charge in [0.15, 0.2) is 0 Å². The lowest BCUT2D eigenvalue weighted by Crippen LogP contribution is -2.51. The zero-order valence-electron chi connectivity index (χ0n) is 19.3. The van der Waals surface area contributed by atoms with Gasteiger partial charge in [-0.1, -0.05) is 103 Å². The molecule has 3 aromatic carbocycles. The lowest BCUT2D eigenvalue weighted by atomic mass is 10.0. The third-order valence-electron chi connectivity index (χ3n) is 5.64. The van der Waals surface area contributed by atoms with E-state index >= 15 is 0 Å². The van der Waals surface area contributed by atoms with Crippen LogP contribution in [0.4, 0.5) is 0 Å². The van der Waals surface area contributed by atoms with E-state index in [1.165, 1.54) is 0 Å². The molecule has 0 bridgehead atoms. The van der Waals surface area contributed by atoms with Gasteiger partial charge in [-0.05, 0) is 35.2 Å². The molecule has 34 heavy (non-hydrogen) atoms. The van der Waals surface area contributed by atoms with Crippen molar-refractivity contribution in [3.05, 3.63) is 106 Å². The Labute approximate surface area is 211 Å². The SMILES string of the molecule is CCCCNC(=O)C(Cc1ccccc1)N(Cc1ccc(Cl)c(Cl)c1)C(=O)Cc1ccccc1. The van der Waals surface area contributed by atoms with Crippen LogP contribution in [-0.2, 0) is 29.0 Å². The monoisotopic (exact) mass is 496 g/mol. The van der Waals surface area contributed by atoms with E-state index in [1.54, 1.807) is 17.0 Å². The summed E-state index contributed by atoms with van der Waals surface area (Å²) in [5, 5.41) is 3.90. The molecular formula is C28H30Cl2N2O2. The van der Waals surface area contributed by atoms with Gasteiger partial charge in [0.05, 0.1) is 16.5 Å². The fourth-order valence-electron chi connectivity index (χ4n) is 3.77. The summed E-state index contributed by atoms with van der Waals surface area (Å²) in [6.45, 7) is 2.91. The Morgan fingerprint density at radius 1 is 0.853 bits per heavy atom. The van der Waals surface area contributed by atoms with Gasteiger partial charge in [-0.15, -0.1) is 0 Å². The summed E-state index contributed by atoms with van der Waals surface area (Å²) < 4.78 is 0. The second-order valence-corrected chi connectivity index (χ2v) is 9.10. The second-order valence-electron chi connectivity index (χ2n) is 8.28. The summed E-state index contributed by atoms with van der Waals surface area (Å²) in [4.78, 5) is 28.7. The fraction of sp³-hybridized carbons (Fsp3) is 0.286. The molecule has 3 rings (SSSR count). The van der Waals surface area contributed by atoms with Gasteiger partial charge >= 0.3 is 0 Å². The van der Waals surface area contributed by atoms with Crippen LogP contribution < -0.4 is 5.32 Å². The lowest BCUT2D eigenvalue weighted by Gasteiger charge is -2.32. The number of carbonyl (C=O) groups excluding carboxylic acids is 2. The van der Waals surface area contributed by atoms with Gasteiger partial charge in [-0.25, -0.2) is 0 Å². The maximum absolute atomic E-state index is 13.6. The average molecular weight is 497 g/mol. The molecule has 0 aliphatic rings. The van der Waals surface area contributed by atoms with Crippen molar-refractivity contribution in [1.82, 2.24) is 10.2 Å². The van der Waals surface area contributed by atoms with Crippen LogP contribution in [0.5, 0.6) is 0 Å². The molecule has 4 nitrogen and oxygen atoms in total. The summed E-state index contributed by atoms with van der Waals surface area (Å²) in [5.74, 6) is -0.275. The molecule has 0 aromatic heterocycles. The minimum absolute atomic E-state index is 0.121. The molecule has 0 saturated heterocycles. The van der Waals surface area contributed by atoms with Crippen molar-refractivity contribution in [2.75, 3.05) is 6.54 Å². The van der Waals surface area contributed by atoms with E-state index in [4.69, 9.17) is 23.2 Å². The van der Waals surface area contributed by atoms with Crippen LogP contribution in [0.15, 0.2) is 78.9 Å². The summed E-state index contributed by atoms with van der Waals surface area (Å²) in [6, 6.07) is 24.0. The average Bonchev–Trinajstić information content (AvgIpc) is 2.84. The number of rotatable bonds is 11. The van der Waals surface area contributed by atoms with Crippen LogP contribution in [0.1, 0.15) is 36.5 Å². The highest BCUT2D eigenvalue weighted by Gasteiger charge is 2.30. The van der Waals surface area contributed by atoms with Gasteiger partial charge in [0.2, 0.25) is 11.8 Å². The second kappa shape index (κ2) is 13.2. The van der Waals surface area contributed by atoms with Gasteiger partial charge < -0.3 is 10.2 Å². The highest BCUT2D eigenvalue weighted by molar-refractivity contribution is 6.42. The Kier molecular flexibility index (Phi) is 9.99. The van der Waals surface area contributed by atoms with Crippen molar-refractivity contribution in [3.63, 3.8) is 0 Å². The number of unbranched alkanes of at least 4 members (excludes halogenated alkanes) is 1. The van der Waals surface area contributed by atoms with Crippen molar-refractivity contribution < 1.29 is 9.59 Å². The molecular weight excluding hydrogens is 467 g/mol. The third-order valence-corrected chi connectivity index (χ3v) is 6.37. The van der Waals surface area contributed by atoms with E-state index in [-0.39, 0.29) is 24.8 Å². The van der Waals surface area contributed by atoms with Gasteiger partial charge in [0, 0.05) is 19.5 Å². The number of benzene rings is 3. The Morgan fingerprint density at radius 2 is 1.50 bits per heavy atom. The van der Waals surface area contributed by atoms with Gasteiger partial charge in [-0.2, -0.15) is 0 Å². The number of halogens is 2. The molecule has 0 heterocycles. The number of nitrogens with zero attached hydrogens (tertiary/aromatic N) is 1. The van der Waals surface area contributed by atoms with Crippen LogP contribution in [0, 0.1) is 0 Å². The molecule has 3 aromatic rings. The molecule has 1 N–H and O–H groups in total. The standard InChI is InChI=1S/C28H30Cl2N2O2/c1-2-3-16-31-28(34)26(18-21-10-6-4-7-11-21)32(20-23-14-15-24(29)25(30)17-23)27(33)19-22-12-8-5-9-13-22/h4-15,17,26H,2-3,16,18-20H2,1H3,(H,31,34). The van der Waals surface area contributed by atoms with Crippen molar-refractivity contribution in [3.8, 4) is 0 Å². The Balaban J connectivity index is 1.94. The topological polar surface area (TPSA) is 49.4 Å². The van der Waals surface area contributed by atoms with E-state index in [1.807, 2.05) is 66.7 Å². The molecule has 0 aliphatic heterocycles. The van der Waals surface area contributed by atoms with Gasteiger partial charge in [0.1, 0.15) is 6.04 Å². The van der Waals surface area contributed by atoms with Crippen LogP contribution >= 0.6 is 23.2 Å². The lowest BCUT2D eigenvalue weighted by molar-refractivity contribution is -0.140. The van der Waals surface area contributed by atoms with Crippen LogP contribution in [-0.4, -0.2) is 29.3 Å². The zero-order chi connectivity index (χ0) is 24.3. The maximum Gasteiger partial charge on any atom is 0.243 e. The van der Waals surface area contributed by atoms with E-state index in [9.17, 15) is 9.59 Å². The summed E-state index contributed by atoms with van der Waals surface area (Å²) in [6.07, 6.45) is 2.48. The number of hydrogen-bond donors (Lipinski definition) is 1. The molecule has 1 atom stereocenters. The Bertz CT molecular complexity index is 1070. The normalized spacial score (nSPS) is 11.6. The first-order valence-corrected chi connectivity index (χ1v) is 12.3. The van der Waals surface area contributed by atoms with Crippen LogP contribution in [0.25, 0.3) is 0 Å². The van der Waals surface area contributed by atoms with Crippen LogP contribution in [0.3, 0.4) is 0 Å². The minimum atomic E-state index is -0.662. The molecule has 178 valence electrons. The maximum atomic E-state index is 13.6. The predicted octanol–water partition coefficient (Wildman–Crippen LogP) is 6.09. The van der Waals surface area contributed by atoms with Crippen molar-refractivity contribution >= 4 is 35.0 Å². The number of amides is 2. The van der Waals surface area contributed by atoms with E-state index in [0.717, 1.165) is 29.5 Å². The molecule has 0 aliphatic carbocycles. The minimum Gasteiger partial charge on any atom is -0.354 e. The molecule has 1 unspecified atom stereocenters. The highest BCUT2D eigenvalue weighted by Crippen LogP contribution is 2.24. The zero-order valence-corrected chi connectivity index (χ0v) is 20.9. The van der Waals surface area contributed by atoms with E-state index in [2.05, 4.69) is 12.2 Å². The molecule has 0 radical (unpaired) electrons. The molecule has 2 amide bonds. The Hall–Kier alpha value is -2.82. The number of hydrogen-bond acceptors (Lipinski definition) is 2. The first-order valence-electron chi connectivity index (χ1n) is 11.6. The van der Waals surface area contributed by atoms with E-state index < -0.39 is 6.04 Å². The van der Waals surface area contributed by atoms with Crippen molar-refractivity contribution in [2.45, 2.75) is 45.2 Å². The summed E-state index contributed by atoms with van der Waals surface area (Å²) >= 11 is 12.4. The van der Waals surface area contributed by atoms with Crippen molar-refractivity contribution in [1.29, 1.82) is 0 Å². The molecule has 0 spiro atoms. The van der Waals surface area contributed by atoms with Crippen molar-refractivity contribution in [2.24, 2.45) is 0 Å². The largest absolute Gasteiger partial charge is 0.354 e. The molecule has 0 fully saturated rings. The summed E-state index contributed by atoms with van der Waals surface area (Å²) in [5.41, 5.74) is 2.71. The first-order chi connectivity index (χ1) is 16.5. The van der Waals surface area contributed by atoms with E-state index in [0.29, 0.717) is 23.0 Å². The number of carbonyl (C=O) groups is 2. The van der Waals surface area contributed by atoms with Gasteiger partial charge in [-0.3, -0.25) is 9.59 Å².